The van der Waals surface area contributed by atoms with Gasteiger partial charge in [0, 0.05) is 22.9 Å². The number of hydrogen-bond acceptors (Lipinski definition) is 6. The number of halogens is 1. The molecule has 2 N–H and O–H groups in total. The lowest BCUT2D eigenvalue weighted by atomic mass is 10.1. The highest BCUT2D eigenvalue weighted by molar-refractivity contribution is 9.10. The summed E-state index contributed by atoms with van der Waals surface area (Å²) < 4.78 is 10.1. The molecule has 6 nitrogen and oxygen atoms in total. The van der Waals surface area contributed by atoms with Crippen LogP contribution in [0.5, 0.6) is 0 Å². The average Bonchev–Trinajstić information content (AvgIpc) is 2.81. The molecule has 33 heavy (non-hydrogen) atoms. The number of ether oxygens (including phenoxy) is 2. The van der Waals surface area contributed by atoms with Crippen LogP contribution in [0, 0.1) is 24.2 Å². The van der Waals surface area contributed by atoms with Gasteiger partial charge in [-0.15, -0.1) is 12.3 Å². The average molecular weight is 517 g/mol. The van der Waals surface area contributed by atoms with Crippen molar-refractivity contribution in [1.29, 1.82) is 0 Å². The Hall–Kier alpha value is -3.10. The van der Waals surface area contributed by atoms with Gasteiger partial charge in [-0.3, -0.25) is 9.59 Å². The standard InChI is InChI=1S/C13H14O3.C9H9BrO2.C4H6O/c1-16-13(15)10-12-7-4-6-11(9-12)5-2-3-8-14;1-12-9(11)6-7-3-2-4-8(10)5-7;1-2-3-4-5/h4,6-7,9,14H,3,8,10H2,1H3;2-5H,6H2,1H3;1,5H,3-4H2. The van der Waals surface area contributed by atoms with Gasteiger partial charge in [-0.25, -0.2) is 0 Å². The van der Waals surface area contributed by atoms with E-state index in [9.17, 15) is 9.59 Å². The molecule has 2 aromatic carbocycles. The third kappa shape index (κ3) is 16.2. The van der Waals surface area contributed by atoms with Gasteiger partial charge in [-0.05, 0) is 35.4 Å². The Labute approximate surface area is 204 Å². The molecular weight excluding hydrogens is 488 g/mol. The number of aliphatic hydroxyl groups excluding tert-OH is 2. The summed E-state index contributed by atoms with van der Waals surface area (Å²) in [7, 11) is 2.76. The van der Waals surface area contributed by atoms with E-state index in [4.69, 9.17) is 16.6 Å². The van der Waals surface area contributed by atoms with Crippen molar-refractivity contribution in [2.45, 2.75) is 25.7 Å². The number of methoxy groups -OCH3 is 2. The van der Waals surface area contributed by atoms with Crippen LogP contribution in [0.1, 0.15) is 29.5 Å². The van der Waals surface area contributed by atoms with Crippen LogP contribution >= 0.6 is 15.9 Å². The predicted octanol–water partition coefficient (Wildman–Crippen LogP) is 3.30. The number of rotatable bonds is 6. The van der Waals surface area contributed by atoms with Crippen LogP contribution in [-0.4, -0.2) is 49.6 Å². The van der Waals surface area contributed by atoms with Crippen molar-refractivity contribution in [3.63, 3.8) is 0 Å². The van der Waals surface area contributed by atoms with E-state index in [-0.39, 0.29) is 31.6 Å². The van der Waals surface area contributed by atoms with Gasteiger partial charge < -0.3 is 19.7 Å². The number of terminal acetylenes is 1. The van der Waals surface area contributed by atoms with Gasteiger partial charge in [0.1, 0.15) is 0 Å². The van der Waals surface area contributed by atoms with Crippen LogP contribution in [-0.2, 0) is 31.9 Å². The molecule has 2 aromatic rings. The van der Waals surface area contributed by atoms with Crippen LogP contribution < -0.4 is 0 Å². The lowest BCUT2D eigenvalue weighted by Crippen LogP contribution is -2.04. The molecule has 0 amide bonds. The summed E-state index contributed by atoms with van der Waals surface area (Å²) in [6.45, 7) is 0.172. The van der Waals surface area contributed by atoms with E-state index in [0.717, 1.165) is 21.2 Å². The van der Waals surface area contributed by atoms with E-state index in [1.165, 1.54) is 14.2 Å². The first-order valence-electron chi connectivity index (χ1n) is 10.0. The van der Waals surface area contributed by atoms with Crippen molar-refractivity contribution in [2.24, 2.45) is 0 Å². The molecule has 0 bridgehead atoms. The Kier molecular flexibility index (Phi) is 17.7. The zero-order valence-electron chi connectivity index (χ0n) is 18.8. The zero-order chi connectivity index (χ0) is 24.9. The van der Waals surface area contributed by atoms with Gasteiger partial charge in [0.05, 0.1) is 40.3 Å². The number of carbonyl (C=O) groups excluding carboxylic acids is 2. The highest BCUT2D eigenvalue weighted by Crippen LogP contribution is 2.12. The van der Waals surface area contributed by atoms with E-state index in [1.807, 2.05) is 48.5 Å². The first-order chi connectivity index (χ1) is 15.9. The van der Waals surface area contributed by atoms with Crippen molar-refractivity contribution in [3.05, 3.63) is 69.7 Å². The van der Waals surface area contributed by atoms with E-state index in [2.05, 4.69) is 43.2 Å². The summed E-state index contributed by atoms with van der Waals surface area (Å²) >= 11 is 3.32. The second-order valence-electron chi connectivity index (χ2n) is 6.29. The molecular formula is C26H29BrO6. The fraction of sp³-hybridized carbons (Fsp3) is 0.308. The van der Waals surface area contributed by atoms with Gasteiger partial charge in [0.2, 0.25) is 0 Å². The highest BCUT2D eigenvalue weighted by atomic mass is 79.9. The molecule has 0 fully saturated rings. The number of carbonyl (C=O) groups is 2. The van der Waals surface area contributed by atoms with Crippen molar-refractivity contribution < 1.29 is 29.3 Å². The highest BCUT2D eigenvalue weighted by Gasteiger charge is 2.03. The molecule has 0 atom stereocenters. The Morgan fingerprint density at radius 1 is 0.909 bits per heavy atom. The maximum Gasteiger partial charge on any atom is 0.309 e. The van der Waals surface area contributed by atoms with Gasteiger partial charge >= 0.3 is 11.9 Å². The molecule has 0 aliphatic rings. The Morgan fingerprint density at radius 2 is 1.45 bits per heavy atom. The number of benzene rings is 2. The molecule has 0 spiro atoms. The first kappa shape index (κ1) is 29.9. The molecule has 0 aliphatic carbocycles. The topological polar surface area (TPSA) is 93.1 Å². The summed E-state index contributed by atoms with van der Waals surface area (Å²) in [4.78, 5) is 21.9. The van der Waals surface area contributed by atoms with Crippen molar-refractivity contribution in [3.8, 4) is 24.2 Å². The van der Waals surface area contributed by atoms with E-state index in [1.54, 1.807) is 0 Å². The van der Waals surface area contributed by atoms with Crippen molar-refractivity contribution in [2.75, 3.05) is 27.4 Å². The summed E-state index contributed by atoms with van der Waals surface area (Å²) in [5.74, 6) is 7.53. The Balaban J connectivity index is 0.000000530. The summed E-state index contributed by atoms with van der Waals surface area (Å²) in [6, 6.07) is 15.0. The normalized spacial score (nSPS) is 8.85. The molecule has 176 valence electrons. The van der Waals surface area contributed by atoms with Crippen molar-refractivity contribution in [1.82, 2.24) is 0 Å². The first-order valence-corrected chi connectivity index (χ1v) is 10.8. The lowest BCUT2D eigenvalue weighted by Gasteiger charge is -2.00. The second kappa shape index (κ2) is 19.6. The van der Waals surface area contributed by atoms with E-state index in [0.29, 0.717) is 19.3 Å². The number of hydrogen-bond donors (Lipinski definition) is 2. The number of esters is 2. The third-order valence-electron chi connectivity index (χ3n) is 3.69. The van der Waals surface area contributed by atoms with Crippen LogP contribution in [0.2, 0.25) is 0 Å². The van der Waals surface area contributed by atoms with Gasteiger partial charge in [-0.1, -0.05) is 52.0 Å². The predicted molar refractivity (Wildman–Crippen MR) is 131 cm³/mol. The van der Waals surface area contributed by atoms with Gasteiger partial charge in [-0.2, -0.15) is 0 Å². The van der Waals surface area contributed by atoms with Crippen molar-refractivity contribution >= 4 is 27.9 Å². The summed E-state index contributed by atoms with van der Waals surface area (Å²) in [6.07, 6.45) is 6.25. The fourth-order valence-electron chi connectivity index (χ4n) is 2.17. The molecule has 0 heterocycles. The maximum atomic E-state index is 11.1. The largest absolute Gasteiger partial charge is 0.469 e. The molecule has 0 saturated heterocycles. The molecule has 0 aromatic heterocycles. The Morgan fingerprint density at radius 3 is 1.91 bits per heavy atom. The quantitative estimate of drug-likeness (QED) is 0.452. The minimum atomic E-state index is -0.263. The van der Waals surface area contributed by atoms with Gasteiger partial charge in [0.15, 0.2) is 0 Å². The van der Waals surface area contributed by atoms with Crippen LogP contribution in [0.15, 0.2) is 53.0 Å². The smallest absolute Gasteiger partial charge is 0.309 e. The monoisotopic (exact) mass is 516 g/mol. The summed E-state index contributed by atoms with van der Waals surface area (Å²) in [5.41, 5.74) is 2.67. The maximum absolute atomic E-state index is 11.1. The SMILES string of the molecule is C#CCCO.COC(=O)Cc1cccc(Br)c1.COC(=O)Cc1cccc(C#CCCO)c1. The second-order valence-corrected chi connectivity index (χ2v) is 7.20. The molecule has 2 rings (SSSR count). The molecule has 0 radical (unpaired) electrons. The van der Waals surface area contributed by atoms with E-state index < -0.39 is 0 Å². The third-order valence-corrected chi connectivity index (χ3v) is 4.19. The zero-order valence-corrected chi connectivity index (χ0v) is 20.4. The minimum absolute atomic E-state index is 0.0643. The molecule has 0 unspecified atom stereocenters. The minimum Gasteiger partial charge on any atom is -0.469 e. The molecule has 0 aliphatic heterocycles. The van der Waals surface area contributed by atoms with Crippen LogP contribution in [0.4, 0.5) is 0 Å². The molecule has 0 saturated carbocycles. The number of aliphatic hydroxyl groups is 2. The Bertz CT molecular complexity index is 953. The molecule has 7 heteroatoms. The lowest BCUT2D eigenvalue weighted by molar-refractivity contribution is -0.140. The van der Waals surface area contributed by atoms with Crippen LogP contribution in [0.3, 0.4) is 0 Å². The van der Waals surface area contributed by atoms with Crippen LogP contribution in [0.25, 0.3) is 0 Å². The van der Waals surface area contributed by atoms with Gasteiger partial charge in [0.25, 0.3) is 0 Å². The fourth-order valence-corrected chi connectivity index (χ4v) is 2.62. The van der Waals surface area contributed by atoms with E-state index >= 15 is 0 Å². The summed E-state index contributed by atoms with van der Waals surface area (Å²) in [5, 5.41) is 16.5.